The van der Waals surface area contributed by atoms with E-state index in [9.17, 15) is 9.59 Å². The molecule has 1 aliphatic heterocycles. The van der Waals surface area contributed by atoms with Crippen LogP contribution < -0.4 is 5.32 Å². The van der Waals surface area contributed by atoms with Gasteiger partial charge in [-0.25, -0.2) is 0 Å². The number of hydrogen-bond donors (Lipinski definition) is 1. The van der Waals surface area contributed by atoms with Crippen LogP contribution in [0.4, 0.5) is 0 Å². The van der Waals surface area contributed by atoms with E-state index in [1.54, 1.807) is 6.92 Å². The Morgan fingerprint density at radius 2 is 2.50 bits per heavy atom. The summed E-state index contributed by atoms with van der Waals surface area (Å²) in [7, 11) is 0. The second-order valence-electron chi connectivity index (χ2n) is 2.88. The minimum absolute atomic E-state index is 0.0163. The molecule has 0 aromatic carbocycles. The molecule has 5 nitrogen and oxygen atoms in total. The fourth-order valence-corrected chi connectivity index (χ4v) is 1.45. The normalized spacial score (nSPS) is 22.3. The number of hydrogen-bond acceptors (Lipinski definition) is 4. The molecule has 1 saturated heterocycles. The number of carbonyl (C=O) groups is 2. The largest absolute Gasteiger partial charge is 0.465 e. The first-order valence-corrected chi connectivity index (χ1v) is 4.90. The maximum Gasteiger partial charge on any atom is 0.325 e. The molecule has 0 bridgehead atoms. The standard InChI is InChI=1S/C8H13ClN2O3/c1-2-14-6(12)5-11-4-3-10-7(9)8(11)13/h7,10H,2-5H2,1H3/t7-/m0/s1. The van der Waals surface area contributed by atoms with Crippen LogP contribution >= 0.6 is 11.6 Å². The molecule has 1 N–H and O–H groups in total. The molecule has 1 rings (SSSR count). The summed E-state index contributed by atoms with van der Waals surface area (Å²) in [5, 5.41) is 2.79. The SMILES string of the molecule is CCOC(=O)CN1CCN[C@H](Cl)C1=O. The number of nitrogens with zero attached hydrogens (tertiary/aromatic N) is 1. The van der Waals surface area contributed by atoms with Gasteiger partial charge in [0, 0.05) is 13.1 Å². The molecule has 1 aliphatic rings. The first-order valence-electron chi connectivity index (χ1n) is 4.47. The van der Waals surface area contributed by atoms with Crippen molar-refractivity contribution in [2.75, 3.05) is 26.2 Å². The molecule has 0 unspecified atom stereocenters. The van der Waals surface area contributed by atoms with Gasteiger partial charge in [-0.15, -0.1) is 0 Å². The molecular formula is C8H13ClN2O3. The van der Waals surface area contributed by atoms with E-state index in [0.29, 0.717) is 19.7 Å². The Morgan fingerprint density at radius 1 is 1.79 bits per heavy atom. The van der Waals surface area contributed by atoms with Crippen molar-refractivity contribution in [3.05, 3.63) is 0 Å². The molecule has 0 spiro atoms. The summed E-state index contributed by atoms with van der Waals surface area (Å²) in [6.45, 7) is 3.11. The van der Waals surface area contributed by atoms with E-state index in [2.05, 4.69) is 5.32 Å². The Hall–Kier alpha value is -0.810. The quantitative estimate of drug-likeness (QED) is 0.398. The summed E-state index contributed by atoms with van der Waals surface area (Å²) in [4.78, 5) is 23.9. The highest BCUT2D eigenvalue weighted by atomic mass is 35.5. The average Bonchev–Trinajstić information content (AvgIpc) is 2.13. The van der Waals surface area contributed by atoms with Gasteiger partial charge in [0.25, 0.3) is 5.91 Å². The van der Waals surface area contributed by atoms with E-state index in [1.165, 1.54) is 4.90 Å². The highest BCUT2D eigenvalue weighted by molar-refractivity contribution is 6.30. The molecule has 0 radical (unpaired) electrons. The third-order valence-corrected chi connectivity index (χ3v) is 2.20. The van der Waals surface area contributed by atoms with Crippen LogP contribution in [0.1, 0.15) is 6.92 Å². The molecule has 0 aliphatic carbocycles. The lowest BCUT2D eigenvalue weighted by atomic mass is 10.3. The second-order valence-corrected chi connectivity index (χ2v) is 3.32. The zero-order valence-corrected chi connectivity index (χ0v) is 8.71. The van der Waals surface area contributed by atoms with E-state index >= 15 is 0 Å². The van der Waals surface area contributed by atoms with Crippen molar-refractivity contribution in [2.24, 2.45) is 0 Å². The van der Waals surface area contributed by atoms with Crippen LogP contribution in [0, 0.1) is 0 Å². The van der Waals surface area contributed by atoms with E-state index in [1.807, 2.05) is 0 Å². The van der Waals surface area contributed by atoms with Crippen LogP contribution in [-0.4, -0.2) is 48.5 Å². The molecule has 14 heavy (non-hydrogen) atoms. The van der Waals surface area contributed by atoms with Gasteiger partial charge in [-0.2, -0.15) is 0 Å². The molecule has 80 valence electrons. The Bertz CT molecular complexity index is 235. The number of ether oxygens (including phenoxy) is 1. The molecule has 1 fully saturated rings. The van der Waals surface area contributed by atoms with E-state index < -0.39 is 11.5 Å². The van der Waals surface area contributed by atoms with Crippen molar-refractivity contribution in [3.8, 4) is 0 Å². The monoisotopic (exact) mass is 220 g/mol. The molecule has 0 saturated carbocycles. The van der Waals surface area contributed by atoms with Crippen LogP contribution in [0.25, 0.3) is 0 Å². The number of halogens is 1. The third-order valence-electron chi connectivity index (χ3n) is 1.86. The van der Waals surface area contributed by atoms with Crippen LogP contribution in [0.3, 0.4) is 0 Å². The topological polar surface area (TPSA) is 58.6 Å². The Kier molecular flexibility index (Phi) is 4.16. The van der Waals surface area contributed by atoms with Crippen molar-refractivity contribution in [2.45, 2.75) is 12.4 Å². The van der Waals surface area contributed by atoms with Gasteiger partial charge >= 0.3 is 5.97 Å². The predicted octanol–water partition coefficient (Wildman–Crippen LogP) is -0.454. The molecule has 6 heteroatoms. The predicted molar refractivity (Wildman–Crippen MR) is 50.9 cm³/mol. The minimum Gasteiger partial charge on any atom is -0.465 e. The summed E-state index contributed by atoms with van der Waals surface area (Å²) in [6, 6.07) is 0. The number of carbonyl (C=O) groups excluding carboxylic acids is 2. The van der Waals surface area contributed by atoms with Crippen molar-refractivity contribution >= 4 is 23.5 Å². The smallest absolute Gasteiger partial charge is 0.325 e. The summed E-state index contributed by atoms with van der Waals surface area (Å²) in [6.07, 6.45) is 0. The lowest BCUT2D eigenvalue weighted by Gasteiger charge is -2.29. The molecule has 1 amide bonds. The average molecular weight is 221 g/mol. The van der Waals surface area contributed by atoms with Crippen molar-refractivity contribution in [1.82, 2.24) is 10.2 Å². The maximum atomic E-state index is 11.4. The third kappa shape index (κ3) is 2.85. The first kappa shape index (κ1) is 11.3. The maximum absolute atomic E-state index is 11.4. The van der Waals surface area contributed by atoms with Crippen molar-refractivity contribution in [1.29, 1.82) is 0 Å². The Morgan fingerprint density at radius 3 is 3.14 bits per heavy atom. The second kappa shape index (κ2) is 5.17. The number of alkyl halides is 1. The molecule has 1 heterocycles. The van der Waals surface area contributed by atoms with Gasteiger partial charge in [0.15, 0.2) is 5.50 Å². The van der Waals surface area contributed by atoms with E-state index in [0.717, 1.165) is 0 Å². The van der Waals surface area contributed by atoms with E-state index in [4.69, 9.17) is 16.3 Å². The minimum atomic E-state index is -0.724. The van der Waals surface area contributed by atoms with Crippen molar-refractivity contribution in [3.63, 3.8) is 0 Å². The van der Waals surface area contributed by atoms with Gasteiger partial charge in [-0.3, -0.25) is 14.9 Å². The fraction of sp³-hybridized carbons (Fsp3) is 0.750. The van der Waals surface area contributed by atoms with Crippen LogP contribution in [-0.2, 0) is 14.3 Å². The molecule has 0 aromatic rings. The first-order chi connectivity index (χ1) is 6.65. The van der Waals surface area contributed by atoms with Crippen LogP contribution in [0.2, 0.25) is 0 Å². The number of nitrogens with one attached hydrogen (secondary N) is 1. The van der Waals surface area contributed by atoms with Gasteiger partial charge in [-0.1, -0.05) is 11.6 Å². The van der Waals surface area contributed by atoms with Crippen LogP contribution in [0.15, 0.2) is 0 Å². The molecule has 1 atom stereocenters. The Balaban J connectivity index is 2.43. The van der Waals surface area contributed by atoms with Gasteiger partial charge < -0.3 is 9.64 Å². The molecule has 0 aromatic heterocycles. The number of esters is 1. The summed E-state index contributed by atoms with van der Waals surface area (Å²) < 4.78 is 4.73. The summed E-state index contributed by atoms with van der Waals surface area (Å²) in [5.74, 6) is -0.669. The molecular weight excluding hydrogens is 208 g/mol. The zero-order valence-electron chi connectivity index (χ0n) is 7.96. The van der Waals surface area contributed by atoms with Gasteiger partial charge in [-0.05, 0) is 6.92 Å². The van der Waals surface area contributed by atoms with Crippen LogP contribution in [0.5, 0.6) is 0 Å². The fourth-order valence-electron chi connectivity index (χ4n) is 1.20. The number of piperazine rings is 1. The zero-order chi connectivity index (χ0) is 10.6. The van der Waals surface area contributed by atoms with E-state index in [-0.39, 0.29) is 12.5 Å². The van der Waals surface area contributed by atoms with Gasteiger partial charge in [0.05, 0.1) is 6.61 Å². The lowest BCUT2D eigenvalue weighted by Crippen LogP contribution is -2.54. The highest BCUT2D eigenvalue weighted by Gasteiger charge is 2.27. The highest BCUT2D eigenvalue weighted by Crippen LogP contribution is 2.04. The number of rotatable bonds is 3. The number of amides is 1. The van der Waals surface area contributed by atoms with Gasteiger partial charge in [0.1, 0.15) is 6.54 Å². The van der Waals surface area contributed by atoms with Gasteiger partial charge in [0.2, 0.25) is 0 Å². The summed E-state index contributed by atoms with van der Waals surface area (Å²) in [5.41, 5.74) is -0.724. The van der Waals surface area contributed by atoms with Crippen molar-refractivity contribution < 1.29 is 14.3 Å². The summed E-state index contributed by atoms with van der Waals surface area (Å²) >= 11 is 5.67. The Labute approximate surface area is 87.3 Å². The lowest BCUT2D eigenvalue weighted by molar-refractivity contribution is -0.149.